The Morgan fingerprint density at radius 2 is 1.90 bits per heavy atom. The van der Waals surface area contributed by atoms with Crippen molar-refractivity contribution in [2.45, 2.75) is 37.6 Å². The van der Waals surface area contributed by atoms with Gasteiger partial charge in [0.25, 0.3) is 5.91 Å². The minimum absolute atomic E-state index is 0.0217. The minimum Gasteiger partial charge on any atom is -0.352 e. The van der Waals surface area contributed by atoms with Gasteiger partial charge in [-0.3, -0.25) is 4.79 Å². The molecule has 2 aromatic heterocycles. The Labute approximate surface area is 175 Å². The lowest BCUT2D eigenvalue weighted by atomic mass is 9.91. The zero-order valence-electron chi connectivity index (χ0n) is 17.0. The molecule has 5 rings (SSSR count). The minimum atomic E-state index is -0.479. The van der Waals surface area contributed by atoms with Gasteiger partial charge in [0, 0.05) is 56.0 Å². The molecule has 1 saturated carbocycles. The molecule has 3 aromatic rings. The molecular weight excluding hydrogens is 376 g/mol. The molecule has 152 valence electrons. The number of carbonyl (C=O) groups is 1. The molecule has 2 fully saturated rings. The van der Waals surface area contributed by atoms with E-state index in [-0.39, 0.29) is 11.9 Å². The van der Waals surface area contributed by atoms with E-state index in [0.29, 0.717) is 18.7 Å². The monoisotopic (exact) mass is 400 g/mol. The SMILES string of the molecule is C[C@@H]1CCN(c2nccn3ccnc23)CCN1C(=O)c1ccccc1C1(C#N)CC1. The maximum Gasteiger partial charge on any atom is 0.254 e. The van der Waals surface area contributed by atoms with Gasteiger partial charge in [0.1, 0.15) is 0 Å². The summed E-state index contributed by atoms with van der Waals surface area (Å²) in [5.41, 5.74) is 1.91. The molecule has 3 heterocycles. The van der Waals surface area contributed by atoms with Crippen LogP contribution in [0.3, 0.4) is 0 Å². The summed E-state index contributed by atoms with van der Waals surface area (Å²) in [5.74, 6) is 0.874. The van der Waals surface area contributed by atoms with Crippen LogP contribution >= 0.6 is 0 Å². The van der Waals surface area contributed by atoms with Crippen molar-refractivity contribution in [2.75, 3.05) is 24.5 Å². The smallest absolute Gasteiger partial charge is 0.254 e. The summed E-state index contributed by atoms with van der Waals surface area (Å²) in [7, 11) is 0. The van der Waals surface area contributed by atoms with Gasteiger partial charge in [-0.2, -0.15) is 5.26 Å². The fourth-order valence-electron chi connectivity index (χ4n) is 4.44. The Hall–Kier alpha value is -3.40. The molecule has 2 aliphatic rings. The predicted molar refractivity (Wildman–Crippen MR) is 113 cm³/mol. The van der Waals surface area contributed by atoms with E-state index in [9.17, 15) is 10.1 Å². The first kappa shape index (κ1) is 18.6. The van der Waals surface area contributed by atoms with Crippen LogP contribution in [0.25, 0.3) is 5.65 Å². The van der Waals surface area contributed by atoms with Crippen LogP contribution in [0.4, 0.5) is 5.82 Å². The third-order valence-electron chi connectivity index (χ3n) is 6.45. The van der Waals surface area contributed by atoms with Crippen molar-refractivity contribution in [1.82, 2.24) is 19.3 Å². The number of hydrogen-bond donors (Lipinski definition) is 0. The number of rotatable bonds is 3. The molecule has 1 aliphatic carbocycles. The molecule has 7 nitrogen and oxygen atoms in total. The standard InChI is InChI=1S/C23H24N6O/c1-17-6-11-27(20-21-26-10-13-28(21)12-9-25-20)14-15-29(17)22(30)18-4-2-3-5-19(18)23(16-24)7-8-23/h2-5,9-10,12-13,17H,6-8,11,14-15H2,1H3/t17-/m1/s1. The Morgan fingerprint density at radius 3 is 2.67 bits per heavy atom. The first-order valence-corrected chi connectivity index (χ1v) is 10.5. The topological polar surface area (TPSA) is 77.5 Å². The van der Waals surface area contributed by atoms with Gasteiger partial charge < -0.3 is 14.2 Å². The van der Waals surface area contributed by atoms with E-state index >= 15 is 0 Å². The molecule has 0 spiro atoms. The van der Waals surface area contributed by atoms with Gasteiger partial charge in [0.2, 0.25) is 0 Å². The van der Waals surface area contributed by atoms with Gasteiger partial charge in [0.05, 0.1) is 11.5 Å². The number of carbonyl (C=O) groups excluding carboxylic acids is 1. The maximum absolute atomic E-state index is 13.6. The van der Waals surface area contributed by atoms with E-state index in [0.717, 1.165) is 42.8 Å². The summed E-state index contributed by atoms with van der Waals surface area (Å²) in [4.78, 5) is 26.7. The second kappa shape index (κ2) is 7.13. The van der Waals surface area contributed by atoms with E-state index in [2.05, 4.69) is 27.9 Å². The molecule has 30 heavy (non-hydrogen) atoms. The van der Waals surface area contributed by atoms with Crippen molar-refractivity contribution in [3.05, 3.63) is 60.2 Å². The van der Waals surface area contributed by atoms with E-state index in [1.807, 2.05) is 46.0 Å². The summed E-state index contributed by atoms with van der Waals surface area (Å²) in [6.07, 6.45) is 9.87. The lowest BCUT2D eigenvalue weighted by Gasteiger charge is -2.28. The number of anilines is 1. The Kier molecular flexibility index (Phi) is 4.43. The molecule has 1 amide bonds. The highest BCUT2D eigenvalue weighted by Crippen LogP contribution is 2.48. The highest BCUT2D eigenvalue weighted by Gasteiger charge is 2.47. The Bertz CT molecular complexity index is 1140. The number of nitriles is 1. The maximum atomic E-state index is 13.6. The van der Waals surface area contributed by atoms with Crippen LogP contribution in [0, 0.1) is 11.3 Å². The van der Waals surface area contributed by atoms with Gasteiger partial charge in [0.15, 0.2) is 11.5 Å². The van der Waals surface area contributed by atoms with Crippen LogP contribution in [0.15, 0.2) is 49.1 Å². The molecule has 1 aromatic carbocycles. The van der Waals surface area contributed by atoms with Crippen LogP contribution in [-0.4, -0.2) is 50.9 Å². The fourth-order valence-corrected chi connectivity index (χ4v) is 4.44. The molecule has 0 N–H and O–H groups in total. The van der Waals surface area contributed by atoms with Gasteiger partial charge in [-0.05, 0) is 37.8 Å². The fraction of sp³-hybridized carbons (Fsp3) is 0.391. The number of fused-ring (bicyclic) bond motifs is 1. The van der Waals surface area contributed by atoms with Crippen LogP contribution < -0.4 is 4.90 Å². The molecule has 1 saturated heterocycles. The van der Waals surface area contributed by atoms with E-state index < -0.39 is 5.41 Å². The molecule has 0 bridgehead atoms. The van der Waals surface area contributed by atoms with Crippen molar-refractivity contribution >= 4 is 17.4 Å². The van der Waals surface area contributed by atoms with Crippen LogP contribution in [-0.2, 0) is 5.41 Å². The molecule has 0 unspecified atom stereocenters. The lowest BCUT2D eigenvalue weighted by Crippen LogP contribution is -2.40. The Morgan fingerprint density at radius 1 is 1.13 bits per heavy atom. The Balaban J connectivity index is 1.41. The molecule has 1 aliphatic heterocycles. The lowest BCUT2D eigenvalue weighted by molar-refractivity contribution is 0.0703. The molecule has 7 heteroatoms. The highest BCUT2D eigenvalue weighted by molar-refractivity contribution is 5.96. The largest absolute Gasteiger partial charge is 0.352 e. The van der Waals surface area contributed by atoms with Crippen LogP contribution in [0.2, 0.25) is 0 Å². The number of benzene rings is 1. The zero-order valence-corrected chi connectivity index (χ0v) is 17.0. The molecule has 0 radical (unpaired) electrons. The average molecular weight is 400 g/mol. The first-order chi connectivity index (χ1) is 14.6. The molecule has 1 atom stereocenters. The predicted octanol–water partition coefficient (Wildman–Crippen LogP) is 3.03. The highest BCUT2D eigenvalue weighted by atomic mass is 16.2. The quantitative estimate of drug-likeness (QED) is 0.675. The van der Waals surface area contributed by atoms with Crippen molar-refractivity contribution < 1.29 is 4.79 Å². The second-order valence-corrected chi connectivity index (χ2v) is 8.27. The van der Waals surface area contributed by atoms with E-state index in [1.54, 1.807) is 12.4 Å². The van der Waals surface area contributed by atoms with Crippen molar-refractivity contribution in [1.29, 1.82) is 5.26 Å². The summed E-state index contributed by atoms with van der Waals surface area (Å²) in [5, 5.41) is 9.66. The number of aromatic nitrogens is 3. The van der Waals surface area contributed by atoms with Crippen molar-refractivity contribution in [3.8, 4) is 6.07 Å². The van der Waals surface area contributed by atoms with E-state index in [4.69, 9.17) is 0 Å². The first-order valence-electron chi connectivity index (χ1n) is 10.5. The number of hydrogen-bond acceptors (Lipinski definition) is 5. The second-order valence-electron chi connectivity index (χ2n) is 8.27. The molecular formula is C23H24N6O. The van der Waals surface area contributed by atoms with E-state index in [1.165, 1.54) is 0 Å². The van der Waals surface area contributed by atoms with Crippen molar-refractivity contribution in [3.63, 3.8) is 0 Å². The van der Waals surface area contributed by atoms with Crippen LogP contribution in [0.5, 0.6) is 0 Å². The third-order valence-corrected chi connectivity index (χ3v) is 6.45. The summed E-state index contributed by atoms with van der Waals surface area (Å²) in [6, 6.07) is 10.2. The third kappa shape index (κ3) is 3.00. The van der Waals surface area contributed by atoms with Gasteiger partial charge >= 0.3 is 0 Å². The number of amides is 1. The number of imidazole rings is 1. The average Bonchev–Trinajstić information content (AvgIpc) is 3.48. The normalized spacial score (nSPS) is 20.6. The van der Waals surface area contributed by atoms with Gasteiger partial charge in [-0.25, -0.2) is 9.97 Å². The summed E-state index contributed by atoms with van der Waals surface area (Å²) >= 11 is 0. The number of nitrogens with zero attached hydrogens (tertiary/aromatic N) is 6. The van der Waals surface area contributed by atoms with Gasteiger partial charge in [-0.15, -0.1) is 0 Å². The van der Waals surface area contributed by atoms with Crippen molar-refractivity contribution in [2.24, 2.45) is 0 Å². The van der Waals surface area contributed by atoms with Crippen LogP contribution in [0.1, 0.15) is 42.1 Å². The zero-order chi connectivity index (χ0) is 20.7. The van der Waals surface area contributed by atoms with Gasteiger partial charge in [-0.1, -0.05) is 18.2 Å². The summed E-state index contributed by atoms with van der Waals surface area (Å²) in [6.45, 7) is 4.22. The summed E-state index contributed by atoms with van der Waals surface area (Å²) < 4.78 is 1.97.